The summed E-state index contributed by atoms with van der Waals surface area (Å²) >= 11 is 12.0. The number of rotatable bonds is 5. The van der Waals surface area contributed by atoms with Crippen molar-refractivity contribution in [2.45, 2.75) is 11.8 Å². The fraction of sp³-hybridized carbons (Fsp3) is 0.188. The molecular formula is C16H17Cl2N3O2S. The maximum Gasteiger partial charge on any atom is 0.279 e. The molecule has 0 aliphatic carbocycles. The summed E-state index contributed by atoms with van der Waals surface area (Å²) in [6, 6.07) is 10.5. The van der Waals surface area contributed by atoms with Gasteiger partial charge in [0.25, 0.3) is 10.0 Å². The van der Waals surface area contributed by atoms with Gasteiger partial charge < -0.3 is 4.90 Å². The Morgan fingerprint density at radius 2 is 1.62 bits per heavy atom. The lowest BCUT2D eigenvalue weighted by atomic mass is 10.2. The van der Waals surface area contributed by atoms with Crippen molar-refractivity contribution in [3.05, 3.63) is 57.6 Å². The van der Waals surface area contributed by atoms with Crippen LogP contribution in [0, 0.1) is 6.92 Å². The van der Waals surface area contributed by atoms with Crippen LogP contribution >= 0.6 is 23.2 Å². The Morgan fingerprint density at radius 1 is 1.08 bits per heavy atom. The molecule has 2 aromatic rings. The largest absolute Gasteiger partial charge is 0.378 e. The molecule has 128 valence electrons. The van der Waals surface area contributed by atoms with Crippen LogP contribution < -0.4 is 9.73 Å². The summed E-state index contributed by atoms with van der Waals surface area (Å²) in [4.78, 5) is 3.90. The van der Waals surface area contributed by atoms with Crippen molar-refractivity contribution in [2.24, 2.45) is 5.10 Å². The van der Waals surface area contributed by atoms with Crippen LogP contribution in [0.5, 0.6) is 0 Å². The van der Waals surface area contributed by atoms with Gasteiger partial charge in [-0.05, 0) is 42.3 Å². The summed E-state index contributed by atoms with van der Waals surface area (Å²) in [5.74, 6) is 0. The fourth-order valence-corrected chi connectivity index (χ4v) is 4.14. The second-order valence-corrected chi connectivity index (χ2v) is 7.81. The molecule has 1 N–H and O–H groups in total. The Kier molecular flexibility index (Phi) is 5.74. The standard InChI is InChI=1S/C16H17Cl2N3O2S/c1-11-8-14(17)16(15(18)9-11)24(22,23)20-19-10-12-4-6-13(7-5-12)21(2)3/h4-10,20H,1-3H3. The molecule has 0 unspecified atom stereocenters. The van der Waals surface area contributed by atoms with Crippen molar-refractivity contribution in [2.75, 3.05) is 19.0 Å². The quantitative estimate of drug-likeness (QED) is 0.630. The summed E-state index contributed by atoms with van der Waals surface area (Å²) < 4.78 is 24.6. The van der Waals surface area contributed by atoms with Crippen LogP contribution in [0.3, 0.4) is 0 Å². The number of nitrogens with one attached hydrogen (secondary N) is 1. The van der Waals surface area contributed by atoms with Crippen molar-refractivity contribution < 1.29 is 8.42 Å². The SMILES string of the molecule is Cc1cc(Cl)c(S(=O)(=O)NN=Cc2ccc(N(C)C)cc2)c(Cl)c1. The van der Waals surface area contributed by atoms with E-state index in [2.05, 4.69) is 9.93 Å². The first-order valence-electron chi connectivity index (χ1n) is 6.98. The van der Waals surface area contributed by atoms with Crippen molar-refractivity contribution >= 4 is 45.1 Å². The molecule has 2 rings (SSSR count). The Balaban J connectivity index is 2.18. The van der Waals surface area contributed by atoms with E-state index in [0.717, 1.165) is 16.8 Å². The third-order valence-corrected chi connectivity index (χ3v) is 5.35. The van der Waals surface area contributed by atoms with E-state index in [9.17, 15) is 8.42 Å². The van der Waals surface area contributed by atoms with E-state index in [4.69, 9.17) is 23.2 Å². The lowest BCUT2D eigenvalue weighted by Gasteiger charge is -2.11. The summed E-state index contributed by atoms with van der Waals surface area (Å²) in [6.07, 6.45) is 1.41. The van der Waals surface area contributed by atoms with E-state index in [-0.39, 0.29) is 14.9 Å². The topological polar surface area (TPSA) is 61.8 Å². The predicted molar refractivity (Wildman–Crippen MR) is 99.9 cm³/mol. The summed E-state index contributed by atoms with van der Waals surface area (Å²) in [7, 11) is -0.0766. The van der Waals surface area contributed by atoms with Gasteiger partial charge in [-0.3, -0.25) is 0 Å². The number of aryl methyl sites for hydroxylation is 1. The highest BCUT2D eigenvalue weighted by molar-refractivity contribution is 7.89. The number of sulfonamides is 1. The Labute approximate surface area is 151 Å². The predicted octanol–water partition coefficient (Wildman–Crippen LogP) is 3.68. The van der Waals surface area contributed by atoms with Crippen molar-refractivity contribution in [3.63, 3.8) is 0 Å². The lowest BCUT2D eigenvalue weighted by Crippen LogP contribution is -2.19. The number of anilines is 1. The summed E-state index contributed by atoms with van der Waals surface area (Å²) in [5, 5.41) is 3.88. The zero-order valence-corrected chi connectivity index (χ0v) is 15.7. The van der Waals surface area contributed by atoms with Crippen LogP contribution in [0.4, 0.5) is 5.69 Å². The van der Waals surface area contributed by atoms with Crippen LogP contribution in [0.1, 0.15) is 11.1 Å². The highest BCUT2D eigenvalue weighted by Gasteiger charge is 2.21. The Bertz CT molecular complexity index is 840. The molecule has 2 aromatic carbocycles. The van der Waals surface area contributed by atoms with E-state index >= 15 is 0 Å². The molecule has 0 aliphatic heterocycles. The number of halogens is 2. The van der Waals surface area contributed by atoms with Crippen molar-refractivity contribution in [1.82, 2.24) is 4.83 Å². The summed E-state index contributed by atoms with van der Waals surface area (Å²) in [5.41, 5.74) is 2.56. The lowest BCUT2D eigenvalue weighted by molar-refractivity contribution is 0.585. The molecule has 0 fully saturated rings. The molecular weight excluding hydrogens is 369 g/mol. The normalized spacial score (nSPS) is 11.7. The molecule has 8 heteroatoms. The molecule has 0 heterocycles. The van der Waals surface area contributed by atoms with Crippen LogP contribution in [0.2, 0.25) is 10.0 Å². The first kappa shape index (κ1) is 18.6. The number of benzene rings is 2. The van der Waals surface area contributed by atoms with E-state index in [0.29, 0.717) is 0 Å². The van der Waals surface area contributed by atoms with Crippen molar-refractivity contribution in [3.8, 4) is 0 Å². The average Bonchev–Trinajstić information content (AvgIpc) is 2.46. The highest BCUT2D eigenvalue weighted by Crippen LogP contribution is 2.30. The van der Waals surface area contributed by atoms with Gasteiger partial charge in [-0.15, -0.1) is 0 Å². The minimum Gasteiger partial charge on any atom is -0.378 e. The maximum atomic E-state index is 12.3. The molecule has 0 aromatic heterocycles. The van der Waals surface area contributed by atoms with Gasteiger partial charge in [0.2, 0.25) is 0 Å². The van der Waals surface area contributed by atoms with Gasteiger partial charge in [-0.2, -0.15) is 18.4 Å². The van der Waals surface area contributed by atoms with Crippen LogP contribution in [0.25, 0.3) is 0 Å². The maximum absolute atomic E-state index is 12.3. The fourth-order valence-electron chi connectivity index (χ4n) is 2.02. The Morgan fingerprint density at radius 3 is 2.12 bits per heavy atom. The number of hydrazone groups is 1. The van der Waals surface area contributed by atoms with Gasteiger partial charge in [-0.25, -0.2) is 0 Å². The average molecular weight is 386 g/mol. The number of nitrogens with zero attached hydrogens (tertiary/aromatic N) is 2. The molecule has 24 heavy (non-hydrogen) atoms. The molecule has 0 bridgehead atoms. The molecule has 0 saturated heterocycles. The third kappa shape index (κ3) is 4.41. The van der Waals surface area contributed by atoms with E-state index in [1.54, 1.807) is 6.92 Å². The first-order valence-corrected chi connectivity index (χ1v) is 9.22. The van der Waals surface area contributed by atoms with Gasteiger partial charge in [0, 0.05) is 19.8 Å². The zero-order valence-electron chi connectivity index (χ0n) is 13.4. The van der Waals surface area contributed by atoms with E-state index < -0.39 is 10.0 Å². The van der Waals surface area contributed by atoms with E-state index in [1.165, 1.54) is 18.3 Å². The highest BCUT2D eigenvalue weighted by atomic mass is 35.5. The summed E-state index contributed by atoms with van der Waals surface area (Å²) in [6.45, 7) is 1.77. The zero-order chi connectivity index (χ0) is 17.9. The molecule has 0 atom stereocenters. The number of hydrogen-bond donors (Lipinski definition) is 1. The van der Waals surface area contributed by atoms with Crippen LogP contribution in [-0.2, 0) is 10.0 Å². The van der Waals surface area contributed by atoms with Gasteiger partial charge in [0.1, 0.15) is 4.90 Å². The third-order valence-electron chi connectivity index (χ3n) is 3.21. The molecule has 0 radical (unpaired) electrons. The smallest absolute Gasteiger partial charge is 0.279 e. The van der Waals surface area contributed by atoms with E-state index in [1.807, 2.05) is 43.3 Å². The number of hydrogen-bond acceptors (Lipinski definition) is 4. The molecule has 0 saturated carbocycles. The monoisotopic (exact) mass is 385 g/mol. The van der Waals surface area contributed by atoms with Crippen molar-refractivity contribution in [1.29, 1.82) is 0 Å². The molecule has 0 aliphatic rings. The van der Waals surface area contributed by atoms with Gasteiger partial charge in [-0.1, -0.05) is 35.3 Å². The molecule has 5 nitrogen and oxygen atoms in total. The second kappa shape index (κ2) is 7.42. The first-order chi connectivity index (χ1) is 11.2. The molecule has 0 spiro atoms. The van der Waals surface area contributed by atoms with Crippen LogP contribution in [0.15, 0.2) is 46.4 Å². The Hall–Kier alpha value is -1.76. The minimum atomic E-state index is -3.95. The van der Waals surface area contributed by atoms with Crippen LogP contribution in [-0.4, -0.2) is 28.7 Å². The minimum absolute atomic E-state index is 0.0537. The second-order valence-electron chi connectivity index (χ2n) is 5.40. The van der Waals surface area contributed by atoms with Gasteiger partial charge >= 0.3 is 0 Å². The van der Waals surface area contributed by atoms with Gasteiger partial charge in [0.05, 0.1) is 16.3 Å². The molecule has 0 amide bonds. The van der Waals surface area contributed by atoms with Gasteiger partial charge in [0.15, 0.2) is 0 Å².